The summed E-state index contributed by atoms with van der Waals surface area (Å²) in [5.41, 5.74) is 6.49. The minimum Gasteiger partial charge on any atom is -0.383 e. The molecule has 4 fully saturated rings. The molecule has 0 amide bonds. The Morgan fingerprint density at radius 1 is 1.19 bits per heavy atom. The van der Waals surface area contributed by atoms with Gasteiger partial charge in [0, 0.05) is 20.2 Å². The molecule has 0 aromatic rings. The molecular formula is C16H30IN3O. The number of methoxy groups -OCH3 is 1. The average Bonchev–Trinajstić information content (AvgIpc) is 2.37. The molecule has 0 spiro atoms. The number of nitrogens with two attached hydrogens (primary N) is 1. The Kier molecular flexibility index (Phi) is 6.17. The van der Waals surface area contributed by atoms with Gasteiger partial charge in [0.15, 0.2) is 5.96 Å². The summed E-state index contributed by atoms with van der Waals surface area (Å²) in [6.45, 7) is 2.30. The van der Waals surface area contributed by atoms with E-state index < -0.39 is 0 Å². The summed E-state index contributed by atoms with van der Waals surface area (Å²) in [4.78, 5) is 4.50. The molecule has 21 heavy (non-hydrogen) atoms. The van der Waals surface area contributed by atoms with E-state index >= 15 is 0 Å². The maximum Gasteiger partial charge on any atom is 0.188 e. The van der Waals surface area contributed by atoms with Gasteiger partial charge < -0.3 is 15.8 Å². The Bertz CT molecular complexity index is 337. The standard InChI is InChI=1S/C16H29N3O.HI/c1-20-5-4-19-15(17)18-3-2-16-9-12-6-13(10-16)8-14(7-12)11-16;/h12-14H,2-11H2,1H3,(H3,17,18,19);1H. The summed E-state index contributed by atoms with van der Waals surface area (Å²) in [5.74, 6) is 3.67. The Morgan fingerprint density at radius 3 is 2.29 bits per heavy atom. The van der Waals surface area contributed by atoms with Crippen molar-refractivity contribution in [2.45, 2.75) is 44.9 Å². The minimum atomic E-state index is 0. The number of halogens is 1. The maximum absolute atomic E-state index is 5.88. The minimum absolute atomic E-state index is 0. The number of guanidine groups is 1. The van der Waals surface area contributed by atoms with Gasteiger partial charge in [-0.3, -0.25) is 4.99 Å². The third-order valence-electron chi connectivity index (χ3n) is 5.70. The molecule has 0 radical (unpaired) electrons. The first-order valence-electron chi connectivity index (χ1n) is 8.22. The third kappa shape index (κ3) is 4.24. The molecule has 3 N–H and O–H groups in total. The molecule has 122 valence electrons. The van der Waals surface area contributed by atoms with Crippen molar-refractivity contribution in [1.29, 1.82) is 0 Å². The molecule has 0 heterocycles. The van der Waals surface area contributed by atoms with Crippen molar-refractivity contribution < 1.29 is 4.74 Å². The summed E-state index contributed by atoms with van der Waals surface area (Å²) in [6.07, 6.45) is 10.2. The molecule has 5 heteroatoms. The van der Waals surface area contributed by atoms with Crippen molar-refractivity contribution in [3.05, 3.63) is 0 Å². The van der Waals surface area contributed by atoms with E-state index in [9.17, 15) is 0 Å². The second-order valence-electron chi connectivity index (χ2n) is 7.35. The van der Waals surface area contributed by atoms with E-state index in [0.29, 0.717) is 18.0 Å². The lowest BCUT2D eigenvalue weighted by molar-refractivity contribution is -0.0556. The Hall–Kier alpha value is -0.0400. The predicted octanol–water partition coefficient (Wildman–Crippen LogP) is 2.76. The number of aliphatic imine (C=N–C) groups is 1. The van der Waals surface area contributed by atoms with Gasteiger partial charge in [-0.1, -0.05) is 0 Å². The van der Waals surface area contributed by atoms with Crippen LogP contribution in [-0.4, -0.2) is 32.8 Å². The van der Waals surface area contributed by atoms with Crippen molar-refractivity contribution in [2.75, 3.05) is 26.8 Å². The fourth-order valence-corrected chi connectivity index (χ4v) is 5.35. The molecule has 0 aliphatic heterocycles. The van der Waals surface area contributed by atoms with Crippen LogP contribution in [0.15, 0.2) is 4.99 Å². The Labute approximate surface area is 145 Å². The molecule has 4 aliphatic rings. The van der Waals surface area contributed by atoms with Gasteiger partial charge in [-0.05, 0) is 68.1 Å². The van der Waals surface area contributed by atoms with Crippen molar-refractivity contribution >= 4 is 29.9 Å². The molecular weight excluding hydrogens is 377 g/mol. The Morgan fingerprint density at radius 2 is 1.76 bits per heavy atom. The van der Waals surface area contributed by atoms with Crippen molar-refractivity contribution in [3.63, 3.8) is 0 Å². The highest BCUT2D eigenvalue weighted by molar-refractivity contribution is 14.0. The van der Waals surface area contributed by atoms with E-state index in [1.165, 1.54) is 44.9 Å². The zero-order valence-electron chi connectivity index (χ0n) is 13.1. The zero-order chi connectivity index (χ0) is 14.0. The van der Waals surface area contributed by atoms with Gasteiger partial charge in [-0.2, -0.15) is 0 Å². The molecule has 4 nitrogen and oxygen atoms in total. The van der Waals surface area contributed by atoms with Gasteiger partial charge in [0.05, 0.1) is 6.61 Å². The molecule has 0 aromatic heterocycles. The molecule has 0 saturated heterocycles. The van der Waals surface area contributed by atoms with Crippen LogP contribution < -0.4 is 11.1 Å². The van der Waals surface area contributed by atoms with Crippen LogP contribution in [0.1, 0.15) is 44.9 Å². The van der Waals surface area contributed by atoms with Crippen LogP contribution >= 0.6 is 24.0 Å². The van der Waals surface area contributed by atoms with Gasteiger partial charge >= 0.3 is 0 Å². The van der Waals surface area contributed by atoms with Crippen LogP contribution in [-0.2, 0) is 4.74 Å². The first kappa shape index (κ1) is 17.3. The monoisotopic (exact) mass is 407 g/mol. The van der Waals surface area contributed by atoms with Gasteiger partial charge in [-0.25, -0.2) is 0 Å². The van der Waals surface area contributed by atoms with Gasteiger partial charge in [0.2, 0.25) is 0 Å². The fourth-order valence-electron chi connectivity index (χ4n) is 5.35. The van der Waals surface area contributed by atoms with Crippen molar-refractivity contribution in [2.24, 2.45) is 33.9 Å². The molecule has 4 saturated carbocycles. The average molecular weight is 407 g/mol. The highest BCUT2D eigenvalue weighted by atomic mass is 127. The summed E-state index contributed by atoms with van der Waals surface area (Å²) in [6, 6.07) is 0. The van der Waals surface area contributed by atoms with Crippen LogP contribution in [0.5, 0.6) is 0 Å². The van der Waals surface area contributed by atoms with Crippen LogP contribution in [0.3, 0.4) is 0 Å². The molecule has 0 atom stereocenters. The summed E-state index contributed by atoms with van der Waals surface area (Å²) in [7, 11) is 1.70. The number of rotatable bonds is 6. The van der Waals surface area contributed by atoms with E-state index in [-0.39, 0.29) is 24.0 Å². The number of hydrogen-bond acceptors (Lipinski definition) is 2. The maximum atomic E-state index is 5.88. The summed E-state index contributed by atoms with van der Waals surface area (Å²) < 4.78 is 4.99. The van der Waals surface area contributed by atoms with Crippen molar-refractivity contribution in [3.8, 4) is 0 Å². The second kappa shape index (κ2) is 7.49. The molecule has 0 aromatic carbocycles. The quantitative estimate of drug-likeness (QED) is 0.308. The molecule has 0 unspecified atom stereocenters. The van der Waals surface area contributed by atoms with Crippen LogP contribution in [0.4, 0.5) is 0 Å². The van der Waals surface area contributed by atoms with Gasteiger partial charge in [0.25, 0.3) is 0 Å². The highest BCUT2D eigenvalue weighted by Crippen LogP contribution is 2.61. The van der Waals surface area contributed by atoms with Crippen LogP contribution in [0.2, 0.25) is 0 Å². The number of nitrogens with zero attached hydrogens (tertiary/aromatic N) is 1. The van der Waals surface area contributed by atoms with E-state index in [2.05, 4.69) is 10.3 Å². The first-order chi connectivity index (χ1) is 9.69. The molecule has 4 rings (SSSR count). The van der Waals surface area contributed by atoms with E-state index in [1.807, 2.05) is 0 Å². The van der Waals surface area contributed by atoms with E-state index in [1.54, 1.807) is 7.11 Å². The topological polar surface area (TPSA) is 59.6 Å². The van der Waals surface area contributed by atoms with Gasteiger partial charge in [0.1, 0.15) is 0 Å². The predicted molar refractivity (Wildman–Crippen MR) is 97.0 cm³/mol. The summed E-state index contributed by atoms with van der Waals surface area (Å²) >= 11 is 0. The van der Waals surface area contributed by atoms with Gasteiger partial charge in [-0.15, -0.1) is 24.0 Å². The smallest absolute Gasteiger partial charge is 0.188 e. The zero-order valence-corrected chi connectivity index (χ0v) is 15.5. The normalized spacial score (nSPS) is 37.4. The van der Waals surface area contributed by atoms with E-state index in [0.717, 1.165) is 30.8 Å². The highest BCUT2D eigenvalue weighted by Gasteiger charge is 2.50. The number of ether oxygens (including phenoxy) is 1. The number of hydrogen-bond donors (Lipinski definition) is 2. The first-order valence-corrected chi connectivity index (χ1v) is 8.22. The van der Waals surface area contributed by atoms with Crippen LogP contribution in [0.25, 0.3) is 0 Å². The largest absolute Gasteiger partial charge is 0.383 e. The van der Waals surface area contributed by atoms with Crippen LogP contribution in [0, 0.1) is 23.2 Å². The lowest BCUT2D eigenvalue weighted by Crippen LogP contribution is -2.46. The lowest BCUT2D eigenvalue weighted by Gasteiger charge is -2.57. The lowest BCUT2D eigenvalue weighted by atomic mass is 9.49. The summed E-state index contributed by atoms with van der Waals surface area (Å²) in [5, 5.41) is 3.09. The number of nitrogens with one attached hydrogen (secondary N) is 1. The molecule has 4 bridgehead atoms. The van der Waals surface area contributed by atoms with E-state index in [4.69, 9.17) is 10.5 Å². The third-order valence-corrected chi connectivity index (χ3v) is 5.70. The SMILES string of the molecule is COCCNC(N)=NCCC12CC3CC(CC(C3)C1)C2.I. The fraction of sp³-hybridized carbons (Fsp3) is 0.938. The second-order valence-corrected chi connectivity index (χ2v) is 7.35. The molecule has 4 aliphatic carbocycles. The Balaban J connectivity index is 0.00000161. The van der Waals surface area contributed by atoms with Crippen molar-refractivity contribution in [1.82, 2.24) is 5.32 Å².